The van der Waals surface area contributed by atoms with Crippen molar-refractivity contribution in [2.75, 3.05) is 18.0 Å². The van der Waals surface area contributed by atoms with Crippen LogP contribution in [0.5, 0.6) is 0 Å². The number of nitrogens with zero attached hydrogens (tertiary/aromatic N) is 2. The molecule has 1 aliphatic rings. The summed E-state index contributed by atoms with van der Waals surface area (Å²) in [5.74, 6) is 3.08. The smallest absolute Gasteiger partial charge is 0.136 e. The molecule has 0 saturated heterocycles. The van der Waals surface area contributed by atoms with Crippen molar-refractivity contribution in [1.82, 2.24) is 0 Å². The monoisotopic (exact) mass is 390 g/mol. The van der Waals surface area contributed by atoms with Crippen LogP contribution in [0.4, 0.5) is 5.69 Å². The number of benzene rings is 2. The first-order valence-corrected chi connectivity index (χ1v) is 11.3. The highest BCUT2D eigenvalue weighted by molar-refractivity contribution is 6.13. The first kappa shape index (κ1) is 21.6. The maximum atomic E-state index is 5.09. The molecule has 3 rings (SSSR count). The number of anilines is 1. The van der Waals surface area contributed by atoms with Crippen LogP contribution >= 0.6 is 0 Å². The van der Waals surface area contributed by atoms with E-state index in [9.17, 15) is 0 Å². The van der Waals surface area contributed by atoms with Crippen molar-refractivity contribution in [3.63, 3.8) is 0 Å². The highest BCUT2D eigenvalue weighted by atomic mass is 15.2. The highest BCUT2D eigenvalue weighted by Gasteiger charge is 2.30. The summed E-state index contributed by atoms with van der Waals surface area (Å²) in [6.45, 7) is 20.2. The lowest BCUT2D eigenvalue weighted by Crippen LogP contribution is -2.32. The highest BCUT2D eigenvalue weighted by Crippen LogP contribution is 2.39. The summed E-state index contributed by atoms with van der Waals surface area (Å²) in [6, 6.07) is 13.6. The van der Waals surface area contributed by atoms with Crippen LogP contribution in [0.1, 0.15) is 107 Å². The van der Waals surface area contributed by atoms with Gasteiger partial charge in [0.2, 0.25) is 0 Å². The zero-order valence-corrected chi connectivity index (χ0v) is 19.6. The molecule has 0 radical (unpaired) electrons. The van der Waals surface area contributed by atoms with Crippen LogP contribution in [0.2, 0.25) is 0 Å². The minimum atomic E-state index is 0.471. The second kappa shape index (κ2) is 8.73. The van der Waals surface area contributed by atoms with E-state index in [2.05, 4.69) is 96.7 Å². The van der Waals surface area contributed by atoms with Crippen LogP contribution in [0.25, 0.3) is 0 Å². The van der Waals surface area contributed by atoms with Crippen molar-refractivity contribution < 1.29 is 0 Å². The molecule has 2 aromatic carbocycles. The Morgan fingerprint density at radius 3 is 1.48 bits per heavy atom. The molecule has 0 unspecified atom stereocenters. The molecule has 156 valence electrons. The van der Waals surface area contributed by atoms with E-state index < -0.39 is 0 Å². The Balaban J connectivity index is 2.25. The van der Waals surface area contributed by atoms with Gasteiger partial charge in [0, 0.05) is 17.8 Å². The molecule has 0 saturated carbocycles. The van der Waals surface area contributed by atoms with Gasteiger partial charge < -0.3 is 4.90 Å². The molecule has 0 aliphatic carbocycles. The Morgan fingerprint density at radius 2 is 1.07 bits per heavy atom. The molecule has 1 aliphatic heterocycles. The van der Waals surface area contributed by atoms with Gasteiger partial charge in [-0.15, -0.1) is 0 Å². The van der Waals surface area contributed by atoms with Gasteiger partial charge in [-0.3, -0.25) is 4.99 Å². The summed E-state index contributed by atoms with van der Waals surface area (Å²) >= 11 is 0. The summed E-state index contributed by atoms with van der Waals surface area (Å²) in [7, 11) is 0. The zero-order valence-electron chi connectivity index (χ0n) is 19.6. The molecule has 0 atom stereocenters. The van der Waals surface area contributed by atoms with E-state index in [0.29, 0.717) is 23.7 Å². The van der Waals surface area contributed by atoms with Crippen LogP contribution in [-0.2, 0) is 0 Å². The lowest BCUT2D eigenvalue weighted by molar-refractivity contribution is 0.818. The van der Waals surface area contributed by atoms with Gasteiger partial charge in [-0.25, -0.2) is 0 Å². The fourth-order valence-electron chi connectivity index (χ4n) is 4.51. The summed E-state index contributed by atoms with van der Waals surface area (Å²) in [5, 5.41) is 0. The first-order chi connectivity index (χ1) is 13.7. The quantitative estimate of drug-likeness (QED) is 0.500. The van der Waals surface area contributed by atoms with E-state index >= 15 is 0 Å². The van der Waals surface area contributed by atoms with E-state index in [1.165, 1.54) is 39.3 Å². The van der Waals surface area contributed by atoms with Gasteiger partial charge >= 0.3 is 0 Å². The van der Waals surface area contributed by atoms with Gasteiger partial charge in [0.05, 0.1) is 6.54 Å². The Hall–Kier alpha value is -2.09. The van der Waals surface area contributed by atoms with Crippen LogP contribution in [0, 0.1) is 0 Å². The van der Waals surface area contributed by atoms with Crippen molar-refractivity contribution in [2.45, 2.75) is 79.1 Å². The zero-order chi connectivity index (χ0) is 21.3. The summed E-state index contributed by atoms with van der Waals surface area (Å²) in [4.78, 5) is 7.62. The molecular formula is C27H38N2. The second-order valence-corrected chi connectivity index (χ2v) is 9.57. The van der Waals surface area contributed by atoms with Crippen LogP contribution in [0.3, 0.4) is 0 Å². The maximum absolute atomic E-state index is 5.09. The predicted octanol–water partition coefficient (Wildman–Crippen LogP) is 7.45. The van der Waals surface area contributed by atoms with Crippen LogP contribution < -0.4 is 4.90 Å². The number of para-hydroxylation sites is 1. The van der Waals surface area contributed by atoms with Crippen molar-refractivity contribution in [1.29, 1.82) is 0 Å². The summed E-state index contributed by atoms with van der Waals surface area (Å²) in [6.07, 6.45) is 0. The van der Waals surface area contributed by atoms with Crippen molar-refractivity contribution in [3.8, 4) is 0 Å². The first-order valence-electron chi connectivity index (χ1n) is 11.3. The van der Waals surface area contributed by atoms with E-state index in [1.54, 1.807) is 0 Å². The third-order valence-corrected chi connectivity index (χ3v) is 6.05. The fraction of sp³-hybridized carbons (Fsp3) is 0.519. The molecule has 1 heterocycles. The lowest BCUT2D eigenvalue weighted by atomic mass is 9.87. The van der Waals surface area contributed by atoms with Gasteiger partial charge in [-0.05, 0) is 45.9 Å². The molecule has 0 fully saturated rings. The molecule has 0 amide bonds. The van der Waals surface area contributed by atoms with Gasteiger partial charge in [-0.1, -0.05) is 91.8 Å². The normalized spacial score (nSPS) is 14.6. The fourth-order valence-corrected chi connectivity index (χ4v) is 4.51. The van der Waals surface area contributed by atoms with Gasteiger partial charge in [0.25, 0.3) is 0 Å². The van der Waals surface area contributed by atoms with E-state index in [1.807, 2.05) is 0 Å². The molecule has 0 N–H and O–H groups in total. The molecular weight excluding hydrogens is 352 g/mol. The molecule has 2 aromatic rings. The molecule has 2 nitrogen and oxygen atoms in total. The molecule has 0 spiro atoms. The third kappa shape index (κ3) is 4.13. The average Bonchev–Trinajstić information content (AvgIpc) is 3.15. The van der Waals surface area contributed by atoms with Crippen molar-refractivity contribution in [3.05, 3.63) is 64.2 Å². The molecule has 2 heteroatoms. The maximum Gasteiger partial charge on any atom is 0.136 e. The number of hydrogen-bond acceptors (Lipinski definition) is 2. The molecule has 29 heavy (non-hydrogen) atoms. The SMILES string of the molecule is CC(C)c1cccc(C(C)C)c1C1=NCCN1c1c(C(C)C)cccc1C(C)C. The lowest BCUT2D eigenvalue weighted by Gasteiger charge is -2.31. The van der Waals surface area contributed by atoms with Crippen LogP contribution in [-0.4, -0.2) is 18.9 Å². The Labute approximate surface area is 178 Å². The van der Waals surface area contributed by atoms with E-state index in [-0.39, 0.29) is 0 Å². The standard InChI is InChI=1S/C27H38N2/c1-17(2)21-11-9-12-22(18(3)4)25(21)27-28-15-16-29(27)26-23(19(5)6)13-10-14-24(26)20(7)8/h9-14,17-20H,15-16H2,1-8H3. The van der Waals surface area contributed by atoms with E-state index in [0.717, 1.165) is 13.1 Å². The van der Waals surface area contributed by atoms with Crippen LogP contribution in [0.15, 0.2) is 41.4 Å². The summed E-state index contributed by atoms with van der Waals surface area (Å²) < 4.78 is 0. The third-order valence-electron chi connectivity index (χ3n) is 6.05. The largest absolute Gasteiger partial charge is 0.324 e. The Bertz CT molecular complexity index is 835. The number of aliphatic imine (C=N–C) groups is 1. The second-order valence-electron chi connectivity index (χ2n) is 9.57. The minimum Gasteiger partial charge on any atom is -0.324 e. The van der Waals surface area contributed by atoms with Gasteiger partial charge in [0.1, 0.15) is 5.84 Å². The number of amidine groups is 1. The van der Waals surface area contributed by atoms with Gasteiger partial charge in [-0.2, -0.15) is 0 Å². The topological polar surface area (TPSA) is 15.6 Å². The number of hydrogen-bond donors (Lipinski definition) is 0. The minimum absolute atomic E-state index is 0.471. The Kier molecular flexibility index (Phi) is 6.51. The van der Waals surface area contributed by atoms with E-state index in [4.69, 9.17) is 4.99 Å². The Morgan fingerprint density at radius 1 is 0.655 bits per heavy atom. The van der Waals surface area contributed by atoms with Crippen molar-refractivity contribution >= 4 is 11.5 Å². The molecule has 0 bridgehead atoms. The van der Waals surface area contributed by atoms with Gasteiger partial charge in [0.15, 0.2) is 0 Å². The van der Waals surface area contributed by atoms with Crippen molar-refractivity contribution in [2.24, 2.45) is 4.99 Å². The average molecular weight is 391 g/mol. The summed E-state index contributed by atoms with van der Waals surface area (Å²) in [5.41, 5.74) is 8.44. The predicted molar refractivity (Wildman–Crippen MR) is 128 cm³/mol. The number of rotatable bonds is 6. The molecule has 0 aromatic heterocycles.